The predicted octanol–water partition coefficient (Wildman–Crippen LogP) is 3.54. The van der Waals surface area contributed by atoms with Crippen LogP contribution in [0.15, 0.2) is 0 Å². The largest absolute Gasteiger partial charge is 1.00 e. The summed E-state index contributed by atoms with van der Waals surface area (Å²) in [7, 11) is 4.62. The third kappa shape index (κ3) is 20.3. The quantitative estimate of drug-likeness (QED) is 0.205. The number of rotatable bonds is 18. The van der Waals surface area contributed by atoms with Gasteiger partial charge in [-0.15, -0.1) is 0 Å². The number of hydrogen-bond donors (Lipinski definition) is 0. The van der Waals surface area contributed by atoms with E-state index in [1.165, 1.54) is 96.4 Å². The first kappa shape index (κ1) is 26.4. The molecule has 0 aliphatic heterocycles. The molecule has 2 nitrogen and oxygen atoms in total. The lowest BCUT2D eigenvalue weighted by Gasteiger charge is -2.29. The Labute approximate surface area is 159 Å². The van der Waals surface area contributed by atoms with E-state index in [1.807, 2.05) is 0 Å². The average molecular weight is 364 g/mol. The molecule has 0 atom stereocenters. The third-order valence-electron chi connectivity index (χ3n) is 4.70. The molecule has 0 aliphatic carbocycles. The fourth-order valence-electron chi connectivity index (χ4n) is 3.03. The number of nitrogens with zero attached hydrogens (tertiary/aromatic N) is 1. The lowest BCUT2D eigenvalue weighted by molar-refractivity contribution is -0.909. The van der Waals surface area contributed by atoms with Crippen molar-refractivity contribution in [2.24, 2.45) is 0 Å². The van der Waals surface area contributed by atoms with Gasteiger partial charge in [0.05, 0.1) is 27.2 Å². The Bertz CT molecular complexity index is 212. The highest BCUT2D eigenvalue weighted by Gasteiger charge is 2.13. The van der Waals surface area contributed by atoms with E-state index < -0.39 is 0 Å². The van der Waals surface area contributed by atoms with Crippen molar-refractivity contribution >= 4 is 0 Å². The minimum absolute atomic E-state index is 0. The SMILES string of the molecule is CCCCCCCCCC[N+](C)(C)COCCCCCCCC.[Cl-]. The molecule has 0 aliphatic rings. The van der Waals surface area contributed by atoms with Gasteiger partial charge in [0.15, 0.2) is 6.73 Å². The molecule has 0 amide bonds. The van der Waals surface area contributed by atoms with Crippen LogP contribution in [-0.4, -0.2) is 38.5 Å². The molecular weight excluding hydrogens is 318 g/mol. The Morgan fingerprint density at radius 2 is 1.00 bits per heavy atom. The molecule has 0 spiro atoms. The highest BCUT2D eigenvalue weighted by Crippen LogP contribution is 2.10. The van der Waals surface area contributed by atoms with Crippen LogP contribution in [0.5, 0.6) is 0 Å². The van der Waals surface area contributed by atoms with Crippen molar-refractivity contribution in [3.05, 3.63) is 0 Å². The molecule has 0 rings (SSSR count). The topological polar surface area (TPSA) is 9.23 Å². The van der Waals surface area contributed by atoms with Gasteiger partial charge >= 0.3 is 0 Å². The molecule has 0 fully saturated rings. The zero-order chi connectivity index (χ0) is 17.2. The van der Waals surface area contributed by atoms with E-state index in [1.54, 1.807) is 0 Å². The van der Waals surface area contributed by atoms with E-state index in [4.69, 9.17) is 4.74 Å². The summed E-state index contributed by atoms with van der Waals surface area (Å²) in [4.78, 5) is 0. The molecule has 148 valence electrons. The van der Waals surface area contributed by atoms with Gasteiger partial charge in [0.1, 0.15) is 0 Å². The Morgan fingerprint density at radius 3 is 1.50 bits per heavy atom. The Morgan fingerprint density at radius 1 is 0.583 bits per heavy atom. The van der Waals surface area contributed by atoms with Crippen molar-refractivity contribution in [2.75, 3.05) is 34.0 Å². The van der Waals surface area contributed by atoms with Crippen LogP contribution in [0.3, 0.4) is 0 Å². The summed E-state index contributed by atoms with van der Waals surface area (Å²) in [6.45, 7) is 7.65. The van der Waals surface area contributed by atoms with Crippen LogP contribution in [0.25, 0.3) is 0 Å². The Kier molecular flexibility index (Phi) is 21.5. The van der Waals surface area contributed by atoms with E-state index in [9.17, 15) is 0 Å². The zero-order valence-corrected chi connectivity index (χ0v) is 18.0. The molecule has 0 aromatic heterocycles. The molecule has 0 bridgehead atoms. The normalized spacial score (nSPS) is 11.5. The molecule has 0 aromatic rings. The highest BCUT2D eigenvalue weighted by molar-refractivity contribution is 4.46. The van der Waals surface area contributed by atoms with E-state index in [0.29, 0.717) is 0 Å². The summed E-state index contributed by atoms with van der Waals surface area (Å²) in [6.07, 6.45) is 19.3. The summed E-state index contributed by atoms with van der Waals surface area (Å²) >= 11 is 0. The molecule has 0 saturated heterocycles. The number of unbranched alkanes of at least 4 members (excludes halogenated alkanes) is 12. The van der Waals surface area contributed by atoms with Crippen molar-refractivity contribution in [2.45, 2.75) is 104 Å². The Balaban J connectivity index is 0. The fourth-order valence-corrected chi connectivity index (χ4v) is 3.03. The number of halogens is 1. The van der Waals surface area contributed by atoms with Crippen LogP contribution in [0.4, 0.5) is 0 Å². The third-order valence-corrected chi connectivity index (χ3v) is 4.70. The standard InChI is InChI=1S/C21H46NO.ClH/c1-5-7-9-11-13-14-15-17-19-22(3,4)21-23-20-18-16-12-10-8-6-2;/h5-21H2,1-4H3;1H/q+1;/p-1. The fraction of sp³-hybridized carbons (Fsp3) is 1.00. The molecule has 0 aromatic carbocycles. The molecule has 0 saturated carbocycles. The summed E-state index contributed by atoms with van der Waals surface area (Å²) in [6, 6.07) is 0. The van der Waals surface area contributed by atoms with Gasteiger partial charge in [-0.05, 0) is 19.3 Å². The van der Waals surface area contributed by atoms with Crippen LogP contribution in [0.1, 0.15) is 104 Å². The number of quaternary nitrogens is 1. The van der Waals surface area contributed by atoms with Gasteiger partial charge in [0.2, 0.25) is 0 Å². The zero-order valence-electron chi connectivity index (χ0n) is 17.3. The molecular formula is C21H46ClNO. The number of ether oxygens (including phenoxy) is 1. The molecule has 3 heteroatoms. The maximum absolute atomic E-state index is 5.90. The van der Waals surface area contributed by atoms with Gasteiger partial charge in [0.25, 0.3) is 0 Å². The number of hydrogen-bond acceptors (Lipinski definition) is 1. The first-order valence-electron chi connectivity index (χ1n) is 10.5. The van der Waals surface area contributed by atoms with Crippen molar-refractivity contribution < 1.29 is 21.6 Å². The highest BCUT2D eigenvalue weighted by atomic mass is 35.5. The molecule has 0 unspecified atom stereocenters. The van der Waals surface area contributed by atoms with Crippen molar-refractivity contribution in [3.63, 3.8) is 0 Å². The van der Waals surface area contributed by atoms with Crippen molar-refractivity contribution in [1.82, 2.24) is 0 Å². The molecule has 0 heterocycles. The van der Waals surface area contributed by atoms with Crippen LogP contribution in [0, 0.1) is 0 Å². The van der Waals surface area contributed by atoms with Gasteiger partial charge in [-0.2, -0.15) is 0 Å². The minimum Gasteiger partial charge on any atom is -1.00 e. The monoisotopic (exact) mass is 363 g/mol. The van der Waals surface area contributed by atoms with Crippen LogP contribution in [-0.2, 0) is 4.74 Å². The van der Waals surface area contributed by atoms with E-state index in [0.717, 1.165) is 17.8 Å². The molecule has 24 heavy (non-hydrogen) atoms. The lowest BCUT2D eigenvalue weighted by Crippen LogP contribution is -3.00. The van der Waals surface area contributed by atoms with Gasteiger partial charge in [0, 0.05) is 0 Å². The second kappa shape index (κ2) is 19.5. The van der Waals surface area contributed by atoms with Crippen LogP contribution in [0.2, 0.25) is 0 Å². The predicted molar refractivity (Wildman–Crippen MR) is 104 cm³/mol. The van der Waals surface area contributed by atoms with E-state index >= 15 is 0 Å². The summed E-state index contributed by atoms with van der Waals surface area (Å²) in [5, 5.41) is 0. The van der Waals surface area contributed by atoms with E-state index in [2.05, 4.69) is 27.9 Å². The average Bonchev–Trinajstić information content (AvgIpc) is 2.52. The minimum atomic E-state index is 0. The Hall–Kier alpha value is 0.210. The van der Waals surface area contributed by atoms with Gasteiger partial charge in [-0.3, -0.25) is 0 Å². The van der Waals surface area contributed by atoms with Crippen molar-refractivity contribution in [1.29, 1.82) is 0 Å². The van der Waals surface area contributed by atoms with Gasteiger partial charge in [-0.1, -0.05) is 84.5 Å². The van der Waals surface area contributed by atoms with Gasteiger partial charge in [-0.25, -0.2) is 0 Å². The second-order valence-electron chi connectivity index (χ2n) is 7.94. The van der Waals surface area contributed by atoms with Crippen molar-refractivity contribution in [3.8, 4) is 0 Å². The first-order valence-corrected chi connectivity index (χ1v) is 10.5. The summed E-state index contributed by atoms with van der Waals surface area (Å²) in [5.41, 5.74) is 0. The molecule has 0 radical (unpaired) electrons. The van der Waals surface area contributed by atoms with E-state index in [-0.39, 0.29) is 12.4 Å². The molecule has 0 N–H and O–H groups in total. The second-order valence-corrected chi connectivity index (χ2v) is 7.94. The lowest BCUT2D eigenvalue weighted by atomic mass is 10.1. The van der Waals surface area contributed by atoms with Crippen LogP contribution < -0.4 is 12.4 Å². The maximum Gasteiger partial charge on any atom is 0.182 e. The maximum atomic E-state index is 5.90. The summed E-state index contributed by atoms with van der Waals surface area (Å²) < 4.78 is 6.92. The van der Waals surface area contributed by atoms with Crippen LogP contribution >= 0.6 is 0 Å². The smallest absolute Gasteiger partial charge is 0.182 e. The summed E-state index contributed by atoms with van der Waals surface area (Å²) in [5.74, 6) is 0. The van der Waals surface area contributed by atoms with Gasteiger partial charge < -0.3 is 21.6 Å². The first-order chi connectivity index (χ1) is 11.1.